The molecule has 1 saturated heterocycles. The van der Waals surface area contributed by atoms with Gasteiger partial charge >= 0.3 is 0 Å². The Kier molecular flexibility index (Phi) is 2.89. The molecule has 1 atom stereocenters. The fourth-order valence-corrected chi connectivity index (χ4v) is 2.00. The highest BCUT2D eigenvalue weighted by atomic mass is 32.2. The highest BCUT2D eigenvalue weighted by molar-refractivity contribution is 7.87. The molecular formula is C6H13N3O3S. The van der Waals surface area contributed by atoms with Gasteiger partial charge in [-0.25, -0.2) is 5.14 Å². The third-order valence-corrected chi connectivity index (χ3v) is 2.62. The molecule has 76 valence electrons. The van der Waals surface area contributed by atoms with Gasteiger partial charge in [-0.05, 0) is 6.42 Å². The molecule has 1 amide bonds. The molecule has 6 nitrogen and oxygen atoms in total. The summed E-state index contributed by atoms with van der Waals surface area (Å²) in [6, 6.07) is -0.252. The Bertz CT molecular complexity index is 300. The number of nitrogens with two attached hydrogens (primary N) is 1. The van der Waals surface area contributed by atoms with Crippen molar-refractivity contribution in [1.82, 2.24) is 9.62 Å². The molecular weight excluding hydrogens is 194 g/mol. The summed E-state index contributed by atoms with van der Waals surface area (Å²) in [7, 11) is -2.01. The molecule has 0 radical (unpaired) electrons. The summed E-state index contributed by atoms with van der Waals surface area (Å²) in [6.07, 6.45) is 0.878. The normalized spacial score (nSPS) is 24.9. The Balaban J connectivity index is 2.52. The monoisotopic (exact) mass is 207 g/mol. The van der Waals surface area contributed by atoms with Gasteiger partial charge in [0.1, 0.15) is 0 Å². The molecule has 1 aliphatic heterocycles. The number of rotatable bonds is 2. The number of nitrogens with zero attached hydrogens (tertiary/aromatic N) is 1. The molecule has 0 aromatic heterocycles. The quantitative estimate of drug-likeness (QED) is 0.571. The molecule has 1 rings (SSSR count). The van der Waals surface area contributed by atoms with Crippen LogP contribution < -0.4 is 9.86 Å². The van der Waals surface area contributed by atoms with Gasteiger partial charge in [-0.3, -0.25) is 4.79 Å². The van der Waals surface area contributed by atoms with Crippen LogP contribution in [0.3, 0.4) is 0 Å². The third kappa shape index (κ3) is 3.29. The highest BCUT2D eigenvalue weighted by Gasteiger charge is 2.24. The number of carbonyl (C=O) groups is 1. The van der Waals surface area contributed by atoms with Gasteiger partial charge in [0.15, 0.2) is 0 Å². The molecule has 7 heteroatoms. The molecule has 0 aromatic rings. The van der Waals surface area contributed by atoms with E-state index in [4.69, 9.17) is 5.14 Å². The first-order chi connectivity index (χ1) is 5.88. The lowest BCUT2D eigenvalue weighted by atomic mass is 10.1. The van der Waals surface area contributed by atoms with Crippen LogP contribution in [0.4, 0.5) is 0 Å². The summed E-state index contributed by atoms with van der Waals surface area (Å²) in [5.41, 5.74) is 0. The van der Waals surface area contributed by atoms with Gasteiger partial charge in [-0.15, -0.1) is 0 Å². The minimum absolute atomic E-state index is 0.0347. The fraction of sp³-hybridized carbons (Fsp3) is 0.833. The second-order valence-corrected chi connectivity index (χ2v) is 4.50. The lowest BCUT2D eigenvalue weighted by Crippen LogP contribution is -2.50. The Labute approximate surface area is 77.3 Å². The van der Waals surface area contributed by atoms with E-state index < -0.39 is 10.2 Å². The minimum Gasteiger partial charge on any atom is -0.344 e. The lowest BCUT2D eigenvalue weighted by molar-refractivity contribution is -0.132. The first-order valence-electron chi connectivity index (χ1n) is 3.92. The number of piperidine rings is 1. The van der Waals surface area contributed by atoms with E-state index in [9.17, 15) is 13.2 Å². The second kappa shape index (κ2) is 3.60. The van der Waals surface area contributed by atoms with Crippen molar-refractivity contribution in [1.29, 1.82) is 0 Å². The minimum atomic E-state index is -3.65. The SMILES string of the molecule is CN1CC(NS(N)(=O)=O)CCC1=O. The topological polar surface area (TPSA) is 92.5 Å². The number of likely N-dealkylation sites (N-methyl/N-ethyl adjacent to an activating group) is 1. The van der Waals surface area contributed by atoms with Gasteiger partial charge in [0, 0.05) is 26.1 Å². The third-order valence-electron chi connectivity index (χ3n) is 1.96. The van der Waals surface area contributed by atoms with Crippen molar-refractivity contribution in [3.05, 3.63) is 0 Å². The van der Waals surface area contributed by atoms with Crippen LogP contribution in [0.2, 0.25) is 0 Å². The van der Waals surface area contributed by atoms with Crippen LogP contribution in [0.15, 0.2) is 0 Å². The van der Waals surface area contributed by atoms with E-state index in [0.717, 1.165) is 0 Å². The molecule has 0 saturated carbocycles. The summed E-state index contributed by atoms with van der Waals surface area (Å²) in [4.78, 5) is 12.5. The van der Waals surface area contributed by atoms with E-state index in [1.807, 2.05) is 0 Å². The van der Waals surface area contributed by atoms with Crippen molar-refractivity contribution >= 4 is 16.1 Å². The Hall–Kier alpha value is -0.660. The first kappa shape index (κ1) is 10.4. The largest absolute Gasteiger partial charge is 0.344 e. The molecule has 1 aliphatic rings. The predicted octanol–water partition coefficient (Wildman–Crippen LogP) is -1.60. The van der Waals surface area contributed by atoms with Crippen molar-refractivity contribution in [3.8, 4) is 0 Å². The van der Waals surface area contributed by atoms with Crippen molar-refractivity contribution in [2.45, 2.75) is 18.9 Å². The molecule has 0 bridgehead atoms. The van der Waals surface area contributed by atoms with E-state index in [2.05, 4.69) is 4.72 Å². The number of hydrogen-bond donors (Lipinski definition) is 2. The molecule has 0 spiro atoms. The van der Waals surface area contributed by atoms with Gasteiger partial charge in [-0.1, -0.05) is 0 Å². The van der Waals surface area contributed by atoms with Crippen LogP contribution in [0.1, 0.15) is 12.8 Å². The van der Waals surface area contributed by atoms with Gasteiger partial charge < -0.3 is 4.90 Å². The number of hydrogen-bond acceptors (Lipinski definition) is 3. The van der Waals surface area contributed by atoms with Crippen LogP contribution in [-0.2, 0) is 15.0 Å². The maximum absolute atomic E-state index is 11.0. The van der Waals surface area contributed by atoms with Gasteiger partial charge in [0.05, 0.1) is 0 Å². The summed E-state index contributed by atoms with van der Waals surface area (Å²) >= 11 is 0. The van der Waals surface area contributed by atoms with Gasteiger partial charge in [0.25, 0.3) is 10.2 Å². The van der Waals surface area contributed by atoms with E-state index in [1.165, 1.54) is 4.90 Å². The summed E-state index contributed by atoms with van der Waals surface area (Å²) < 4.78 is 23.6. The van der Waals surface area contributed by atoms with Crippen LogP contribution >= 0.6 is 0 Å². The second-order valence-electron chi connectivity index (χ2n) is 3.17. The smallest absolute Gasteiger partial charge is 0.274 e. The van der Waals surface area contributed by atoms with Crippen LogP contribution in [-0.4, -0.2) is 38.9 Å². The number of amides is 1. The van der Waals surface area contributed by atoms with Crippen LogP contribution in [0, 0.1) is 0 Å². The number of nitrogens with one attached hydrogen (secondary N) is 1. The molecule has 3 N–H and O–H groups in total. The van der Waals surface area contributed by atoms with Gasteiger partial charge in [0.2, 0.25) is 5.91 Å². The van der Waals surface area contributed by atoms with Crippen LogP contribution in [0.25, 0.3) is 0 Å². The van der Waals surface area contributed by atoms with Crippen molar-refractivity contribution in [2.75, 3.05) is 13.6 Å². The molecule has 0 aromatic carbocycles. The Morgan fingerprint density at radius 3 is 2.69 bits per heavy atom. The van der Waals surface area contributed by atoms with E-state index in [1.54, 1.807) is 7.05 Å². The van der Waals surface area contributed by atoms with E-state index in [-0.39, 0.29) is 11.9 Å². The zero-order chi connectivity index (χ0) is 10.1. The van der Waals surface area contributed by atoms with Crippen LogP contribution in [0.5, 0.6) is 0 Å². The van der Waals surface area contributed by atoms with E-state index >= 15 is 0 Å². The van der Waals surface area contributed by atoms with E-state index in [0.29, 0.717) is 19.4 Å². The zero-order valence-corrected chi connectivity index (χ0v) is 8.17. The molecule has 0 aliphatic carbocycles. The number of likely N-dealkylation sites (tertiary alicyclic amines) is 1. The number of carbonyl (C=O) groups excluding carboxylic acids is 1. The molecule has 13 heavy (non-hydrogen) atoms. The highest BCUT2D eigenvalue weighted by Crippen LogP contribution is 2.09. The summed E-state index contributed by atoms with van der Waals surface area (Å²) in [5, 5.41) is 4.80. The van der Waals surface area contributed by atoms with Gasteiger partial charge in [-0.2, -0.15) is 13.1 Å². The average molecular weight is 207 g/mol. The maximum Gasteiger partial charge on any atom is 0.274 e. The first-order valence-corrected chi connectivity index (χ1v) is 5.47. The summed E-state index contributed by atoms with van der Waals surface area (Å²) in [5.74, 6) is 0.0347. The van der Waals surface area contributed by atoms with Crippen molar-refractivity contribution in [2.24, 2.45) is 5.14 Å². The summed E-state index contributed by atoms with van der Waals surface area (Å²) in [6.45, 7) is 0.384. The maximum atomic E-state index is 11.0. The van der Waals surface area contributed by atoms with Crippen molar-refractivity contribution < 1.29 is 13.2 Å². The molecule has 1 heterocycles. The fourth-order valence-electron chi connectivity index (χ4n) is 1.34. The van der Waals surface area contributed by atoms with Crippen molar-refractivity contribution in [3.63, 3.8) is 0 Å². The predicted molar refractivity (Wildman–Crippen MR) is 46.9 cm³/mol. The molecule has 1 fully saturated rings. The average Bonchev–Trinajstić information content (AvgIpc) is 1.94. The Morgan fingerprint density at radius 2 is 2.23 bits per heavy atom. The molecule has 1 unspecified atom stereocenters. The Morgan fingerprint density at radius 1 is 1.62 bits per heavy atom. The zero-order valence-electron chi connectivity index (χ0n) is 7.36. The lowest BCUT2D eigenvalue weighted by Gasteiger charge is -2.29. The standard InChI is InChI=1S/C6H13N3O3S/c1-9-4-5(2-3-6(9)10)8-13(7,11)12/h5,8H,2-4H2,1H3,(H2,7,11,12).